The number of fused-ring (bicyclic) bond motifs is 1. The zero-order chi connectivity index (χ0) is 26.8. The number of anilines is 2. The second kappa shape index (κ2) is 11.2. The van der Waals surface area contributed by atoms with E-state index in [1.165, 1.54) is 0 Å². The maximum atomic E-state index is 12.9. The first kappa shape index (κ1) is 26.2. The number of H-pyrrole nitrogens is 2. The number of rotatable bonds is 8. The Kier molecular flexibility index (Phi) is 7.70. The van der Waals surface area contributed by atoms with E-state index in [0.717, 1.165) is 33.3 Å². The Bertz CT molecular complexity index is 1500. The molecule has 11 heteroatoms. The first-order valence-corrected chi connectivity index (χ1v) is 13.1. The predicted molar refractivity (Wildman–Crippen MR) is 150 cm³/mol. The summed E-state index contributed by atoms with van der Waals surface area (Å²) >= 11 is 3.45. The lowest BCUT2D eigenvalue weighted by Gasteiger charge is -2.33. The van der Waals surface area contributed by atoms with Crippen molar-refractivity contribution < 1.29 is 19.7 Å². The molecular weight excluding hydrogens is 554 g/mol. The Hall–Kier alpha value is -3.38. The average Bonchev–Trinajstić information content (AvgIpc) is 3.36. The Labute approximate surface area is 227 Å². The van der Waals surface area contributed by atoms with Crippen LogP contribution in [0.15, 0.2) is 51.9 Å². The molecule has 1 saturated heterocycles. The summed E-state index contributed by atoms with van der Waals surface area (Å²) in [6.45, 7) is 4.01. The van der Waals surface area contributed by atoms with Crippen molar-refractivity contribution in [2.45, 2.75) is 19.1 Å². The van der Waals surface area contributed by atoms with Gasteiger partial charge in [-0.25, -0.2) is 4.98 Å². The number of hydrogen-bond donors (Lipinski definition) is 5. The van der Waals surface area contributed by atoms with E-state index in [4.69, 9.17) is 14.5 Å². The van der Waals surface area contributed by atoms with E-state index < -0.39 is 6.10 Å². The monoisotopic (exact) mass is 583 g/mol. The van der Waals surface area contributed by atoms with Crippen LogP contribution in [0.5, 0.6) is 5.75 Å². The molecule has 4 aromatic rings. The number of aromatic amines is 2. The normalized spacial score (nSPS) is 16.6. The topological polar surface area (TPSA) is 136 Å². The third-order valence-corrected chi connectivity index (χ3v) is 7.33. The highest BCUT2D eigenvalue weighted by Gasteiger charge is 2.22. The molecular formula is C27H30BrN5O5. The van der Waals surface area contributed by atoms with E-state index in [-0.39, 0.29) is 24.8 Å². The van der Waals surface area contributed by atoms with Crippen LogP contribution in [0.2, 0.25) is 0 Å². The van der Waals surface area contributed by atoms with Crippen LogP contribution in [-0.2, 0) is 4.74 Å². The molecule has 2 atom stereocenters. The van der Waals surface area contributed by atoms with Crippen molar-refractivity contribution in [2.75, 3.05) is 50.2 Å². The lowest BCUT2D eigenvalue weighted by Crippen LogP contribution is -2.44. The van der Waals surface area contributed by atoms with Crippen LogP contribution in [-0.4, -0.2) is 71.2 Å². The number of nitrogens with zero attached hydrogens (tertiary/aromatic N) is 2. The molecule has 1 fully saturated rings. The van der Waals surface area contributed by atoms with E-state index in [0.29, 0.717) is 41.5 Å². The smallest absolute Gasteiger partial charge is 0.261 e. The number of aryl methyl sites for hydroxylation is 1. The lowest BCUT2D eigenvalue weighted by atomic mass is 10.1. The van der Waals surface area contributed by atoms with Crippen LogP contribution in [0.4, 0.5) is 11.4 Å². The zero-order valence-corrected chi connectivity index (χ0v) is 22.7. The number of benzene rings is 2. The van der Waals surface area contributed by atoms with Gasteiger partial charge in [-0.2, -0.15) is 0 Å². The van der Waals surface area contributed by atoms with Gasteiger partial charge in [-0.05, 0) is 64.3 Å². The van der Waals surface area contributed by atoms with Crippen molar-refractivity contribution >= 4 is 38.3 Å². The van der Waals surface area contributed by atoms with Crippen LogP contribution in [0.25, 0.3) is 22.4 Å². The summed E-state index contributed by atoms with van der Waals surface area (Å²) in [5.41, 5.74) is 4.86. The number of imidazole rings is 1. The third kappa shape index (κ3) is 5.28. The number of hydrogen-bond acceptors (Lipinski definition) is 8. The predicted octanol–water partition coefficient (Wildman–Crippen LogP) is 3.34. The molecule has 2 aromatic heterocycles. The van der Waals surface area contributed by atoms with Gasteiger partial charge in [-0.1, -0.05) is 6.07 Å². The summed E-state index contributed by atoms with van der Waals surface area (Å²) in [7, 11) is 1.59. The van der Waals surface area contributed by atoms with Gasteiger partial charge >= 0.3 is 0 Å². The number of aliphatic hydroxyl groups excluding tert-OH is 2. The Balaban J connectivity index is 1.42. The molecule has 5 N–H and O–H groups in total. The van der Waals surface area contributed by atoms with Gasteiger partial charge in [0.15, 0.2) is 0 Å². The fourth-order valence-electron chi connectivity index (χ4n) is 4.71. The molecule has 0 saturated carbocycles. The fraction of sp³-hybridized carbons (Fsp3) is 0.333. The Morgan fingerprint density at radius 2 is 2.16 bits per heavy atom. The van der Waals surface area contributed by atoms with Gasteiger partial charge in [0, 0.05) is 31.5 Å². The maximum absolute atomic E-state index is 12.9. The molecule has 10 nitrogen and oxygen atoms in total. The van der Waals surface area contributed by atoms with Crippen LogP contribution < -0.4 is 20.5 Å². The summed E-state index contributed by atoms with van der Waals surface area (Å²) < 4.78 is 11.6. The lowest BCUT2D eigenvalue weighted by molar-refractivity contribution is 0.00357. The first-order valence-electron chi connectivity index (χ1n) is 12.3. The van der Waals surface area contributed by atoms with Crippen LogP contribution >= 0.6 is 15.9 Å². The van der Waals surface area contributed by atoms with Gasteiger partial charge in [0.2, 0.25) is 0 Å². The zero-order valence-electron chi connectivity index (χ0n) is 21.1. The minimum atomic E-state index is -0.818. The summed E-state index contributed by atoms with van der Waals surface area (Å²) in [4.78, 5) is 25.9. The van der Waals surface area contributed by atoms with Gasteiger partial charge < -0.3 is 39.9 Å². The van der Waals surface area contributed by atoms with Crippen molar-refractivity contribution in [1.29, 1.82) is 0 Å². The van der Waals surface area contributed by atoms with E-state index in [1.54, 1.807) is 37.6 Å². The standard InChI is InChI=1S/C27H30BrN5O5/c1-15-9-17(33-7-8-38-18(13-33)14-34)11-21-25(15)32-26(31-21)24-20(5-6-29-27(24)36)30-12-22(35)16-3-4-23(37-2)19(28)10-16/h3-6,9-11,18,22,34-35H,7-8,12-14H2,1-2H3,(H,31,32)(H2,29,30,36)/t18-,22-/m0/s1. The number of aromatic nitrogens is 3. The number of halogens is 1. The number of morpholine rings is 1. The summed E-state index contributed by atoms with van der Waals surface area (Å²) in [5, 5.41) is 23.5. The van der Waals surface area contributed by atoms with Gasteiger partial charge in [-0.3, -0.25) is 4.79 Å². The highest BCUT2D eigenvalue weighted by Crippen LogP contribution is 2.31. The highest BCUT2D eigenvalue weighted by molar-refractivity contribution is 9.10. The number of methoxy groups -OCH3 is 1. The SMILES string of the molecule is COc1ccc([C@@H](O)CNc2cc[nH]c(=O)c2-c2nc3c(C)cc(N4CCO[C@H](CO)C4)cc3[nH]2)cc1Br. The highest BCUT2D eigenvalue weighted by atomic mass is 79.9. The van der Waals surface area contributed by atoms with Crippen molar-refractivity contribution in [3.8, 4) is 17.1 Å². The van der Waals surface area contributed by atoms with Crippen LogP contribution in [0.1, 0.15) is 17.2 Å². The van der Waals surface area contributed by atoms with E-state index >= 15 is 0 Å². The van der Waals surface area contributed by atoms with Crippen molar-refractivity contribution in [2.24, 2.45) is 0 Å². The van der Waals surface area contributed by atoms with Crippen molar-refractivity contribution in [3.63, 3.8) is 0 Å². The number of nitrogens with one attached hydrogen (secondary N) is 3. The molecule has 1 aliphatic heterocycles. The van der Waals surface area contributed by atoms with Crippen LogP contribution in [0, 0.1) is 6.92 Å². The second-order valence-corrected chi connectivity index (χ2v) is 10.1. The van der Waals surface area contributed by atoms with Crippen molar-refractivity contribution in [3.05, 3.63) is 68.5 Å². The molecule has 0 aliphatic carbocycles. The molecule has 200 valence electrons. The number of pyridine rings is 1. The van der Waals surface area contributed by atoms with Gasteiger partial charge in [0.25, 0.3) is 5.56 Å². The Morgan fingerprint density at radius 3 is 2.92 bits per heavy atom. The largest absolute Gasteiger partial charge is 0.496 e. The molecule has 38 heavy (non-hydrogen) atoms. The van der Waals surface area contributed by atoms with Crippen LogP contribution in [0.3, 0.4) is 0 Å². The van der Waals surface area contributed by atoms with E-state index in [1.807, 2.05) is 13.0 Å². The Morgan fingerprint density at radius 1 is 1.32 bits per heavy atom. The van der Waals surface area contributed by atoms with Crippen molar-refractivity contribution in [1.82, 2.24) is 15.0 Å². The molecule has 2 aromatic carbocycles. The van der Waals surface area contributed by atoms with Gasteiger partial charge in [0.05, 0.1) is 53.7 Å². The molecule has 0 amide bonds. The van der Waals surface area contributed by atoms with E-state index in [9.17, 15) is 15.0 Å². The molecule has 0 spiro atoms. The summed E-state index contributed by atoms with van der Waals surface area (Å²) in [6.07, 6.45) is 0.524. The number of ether oxygens (including phenoxy) is 2. The molecule has 1 aliphatic rings. The molecule has 3 heterocycles. The first-order chi connectivity index (χ1) is 18.4. The number of aliphatic hydroxyl groups is 2. The van der Waals surface area contributed by atoms with Gasteiger partial charge in [0.1, 0.15) is 17.1 Å². The molecule has 0 radical (unpaired) electrons. The molecule has 0 bridgehead atoms. The average molecular weight is 584 g/mol. The quantitative estimate of drug-likeness (QED) is 0.213. The van der Waals surface area contributed by atoms with Gasteiger partial charge in [-0.15, -0.1) is 0 Å². The fourth-order valence-corrected chi connectivity index (χ4v) is 5.27. The summed E-state index contributed by atoms with van der Waals surface area (Å²) in [5.74, 6) is 1.11. The maximum Gasteiger partial charge on any atom is 0.261 e. The van der Waals surface area contributed by atoms with E-state index in [2.05, 4.69) is 42.2 Å². The second-order valence-electron chi connectivity index (χ2n) is 9.25. The summed E-state index contributed by atoms with van der Waals surface area (Å²) in [6, 6.07) is 11.2. The third-order valence-electron chi connectivity index (χ3n) is 6.71. The minimum absolute atomic E-state index is 0.0249. The molecule has 5 rings (SSSR count). The minimum Gasteiger partial charge on any atom is -0.496 e. The molecule has 0 unspecified atom stereocenters.